The zero-order chi connectivity index (χ0) is 22.3. The molecule has 2 aliphatic carbocycles. The van der Waals surface area contributed by atoms with E-state index in [2.05, 4.69) is 10.0 Å². The van der Waals surface area contributed by atoms with Crippen molar-refractivity contribution in [1.82, 2.24) is 14.9 Å². The molecular formula is C20H29N3O7S. The molecule has 0 aromatic rings. The molecule has 4 amide bonds. The van der Waals surface area contributed by atoms with Crippen molar-refractivity contribution in [3.8, 4) is 0 Å². The van der Waals surface area contributed by atoms with Crippen LogP contribution >= 0.6 is 0 Å². The number of hydrogen-bond donors (Lipinski definition) is 2. The van der Waals surface area contributed by atoms with Gasteiger partial charge < -0.3 is 4.74 Å². The number of ether oxygens (including phenoxy) is 1. The van der Waals surface area contributed by atoms with E-state index < -0.39 is 56.9 Å². The Balaban J connectivity index is 1.40. The lowest BCUT2D eigenvalue weighted by molar-refractivity contribution is -0.151. The predicted molar refractivity (Wildman–Crippen MR) is 108 cm³/mol. The normalized spacial score (nSPS) is 37.0. The molecule has 2 saturated heterocycles. The summed E-state index contributed by atoms with van der Waals surface area (Å²) >= 11 is 0. The predicted octanol–water partition coefficient (Wildman–Crippen LogP) is -0.178. The maximum absolute atomic E-state index is 13.0. The molecule has 2 N–H and O–H groups in total. The summed E-state index contributed by atoms with van der Waals surface area (Å²) in [7, 11) is -1.91. The van der Waals surface area contributed by atoms with Gasteiger partial charge in [-0.3, -0.25) is 29.4 Å². The molecule has 2 saturated carbocycles. The van der Waals surface area contributed by atoms with E-state index in [0.29, 0.717) is 38.5 Å². The summed E-state index contributed by atoms with van der Waals surface area (Å²) in [6, 6.07) is -1.38. The van der Waals surface area contributed by atoms with Crippen LogP contribution < -0.4 is 10.0 Å². The van der Waals surface area contributed by atoms with E-state index in [9.17, 15) is 27.6 Å². The van der Waals surface area contributed by atoms with Crippen LogP contribution in [0.15, 0.2) is 0 Å². The zero-order valence-corrected chi connectivity index (χ0v) is 18.4. The molecule has 4 fully saturated rings. The zero-order valence-electron chi connectivity index (χ0n) is 17.5. The Morgan fingerprint density at radius 1 is 0.935 bits per heavy atom. The number of carbonyl (C=O) groups excluding carboxylic acids is 4. The molecule has 4 unspecified atom stereocenters. The minimum absolute atomic E-state index is 0.0799. The Bertz CT molecular complexity index is 881. The van der Waals surface area contributed by atoms with Crippen molar-refractivity contribution in [2.24, 2.45) is 11.8 Å². The molecule has 2 heterocycles. The SMILES string of the molecule is COC1CCC(S(=O)(=O)NC2CCC3C(=O)N(C4CCC(=O)NC4=O)C(=O)C3C2)CC1. The van der Waals surface area contributed by atoms with Crippen LogP contribution in [0.2, 0.25) is 0 Å². The number of imide groups is 2. The molecule has 31 heavy (non-hydrogen) atoms. The van der Waals surface area contributed by atoms with E-state index in [0.717, 1.165) is 4.90 Å². The van der Waals surface area contributed by atoms with Gasteiger partial charge in [-0.05, 0) is 51.4 Å². The number of rotatable bonds is 5. The second-order valence-corrected chi connectivity index (χ2v) is 11.0. The molecular weight excluding hydrogens is 426 g/mol. The highest BCUT2D eigenvalue weighted by Crippen LogP contribution is 2.40. The van der Waals surface area contributed by atoms with Crippen LogP contribution in [0.4, 0.5) is 0 Å². The highest BCUT2D eigenvalue weighted by molar-refractivity contribution is 7.90. The van der Waals surface area contributed by atoms with Crippen LogP contribution in [0.3, 0.4) is 0 Å². The monoisotopic (exact) mass is 455 g/mol. The van der Waals surface area contributed by atoms with Crippen molar-refractivity contribution >= 4 is 33.7 Å². The molecule has 4 atom stereocenters. The fourth-order valence-electron chi connectivity index (χ4n) is 5.45. The fourth-order valence-corrected chi connectivity index (χ4v) is 7.22. The topological polar surface area (TPSA) is 139 Å². The minimum atomic E-state index is -3.54. The molecule has 4 rings (SSSR count). The maximum atomic E-state index is 13.0. The smallest absolute Gasteiger partial charge is 0.249 e. The minimum Gasteiger partial charge on any atom is -0.381 e. The first-order chi connectivity index (χ1) is 14.7. The molecule has 10 nitrogen and oxygen atoms in total. The van der Waals surface area contributed by atoms with E-state index in [1.165, 1.54) is 0 Å². The second-order valence-electron chi connectivity index (χ2n) is 9.03. The Morgan fingerprint density at radius 2 is 1.61 bits per heavy atom. The van der Waals surface area contributed by atoms with Crippen LogP contribution in [0, 0.1) is 11.8 Å². The van der Waals surface area contributed by atoms with Crippen LogP contribution in [0.1, 0.15) is 57.8 Å². The molecule has 11 heteroatoms. The van der Waals surface area contributed by atoms with Gasteiger partial charge in [0.2, 0.25) is 33.7 Å². The molecule has 0 aromatic carbocycles. The fraction of sp³-hybridized carbons (Fsp3) is 0.800. The van der Waals surface area contributed by atoms with Gasteiger partial charge >= 0.3 is 0 Å². The lowest BCUT2D eigenvalue weighted by atomic mass is 9.79. The molecule has 0 aromatic heterocycles. The summed E-state index contributed by atoms with van der Waals surface area (Å²) < 4.78 is 33.8. The van der Waals surface area contributed by atoms with Crippen molar-refractivity contribution < 1.29 is 32.3 Å². The summed E-state index contributed by atoms with van der Waals surface area (Å²) in [4.78, 5) is 50.5. The van der Waals surface area contributed by atoms with E-state index in [1.54, 1.807) is 7.11 Å². The number of nitrogens with zero attached hydrogens (tertiary/aromatic N) is 1. The van der Waals surface area contributed by atoms with Gasteiger partial charge in [0.25, 0.3) is 0 Å². The van der Waals surface area contributed by atoms with Crippen molar-refractivity contribution in [1.29, 1.82) is 0 Å². The van der Waals surface area contributed by atoms with Gasteiger partial charge in [-0.1, -0.05) is 0 Å². The van der Waals surface area contributed by atoms with Gasteiger partial charge in [0.05, 0.1) is 23.2 Å². The Kier molecular flexibility index (Phi) is 6.19. The third-order valence-corrected chi connectivity index (χ3v) is 9.22. The van der Waals surface area contributed by atoms with Crippen molar-refractivity contribution in [3.63, 3.8) is 0 Å². The molecule has 0 spiro atoms. The van der Waals surface area contributed by atoms with Crippen LogP contribution in [0.5, 0.6) is 0 Å². The Labute approximate surface area is 181 Å². The van der Waals surface area contributed by atoms with E-state index in [-0.39, 0.29) is 31.3 Å². The summed E-state index contributed by atoms with van der Waals surface area (Å²) in [6.45, 7) is 0. The van der Waals surface area contributed by atoms with Crippen molar-refractivity contribution in [2.75, 3.05) is 7.11 Å². The van der Waals surface area contributed by atoms with Gasteiger partial charge in [-0.15, -0.1) is 0 Å². The second kappa shape index (κ2) is 8.59. The van der Waals surface area contributed by atoms with Gasteiger partial charge in [-0.2, -0.15) is 0 Å². The maximum Gasteiger partial charge on any atom is 0.249 e. The molecule has 4 aliphatic rings. The van der Waals surface area contributed by atoms with Crippen LogP contribution in [0.25, 0.3) is 0 Å². The summed E-state index contributed by atoms with van der Waals surface area (Å²) in [5.41, 5.74) is 0. The first-order valence-electron chi connectivity index (χ1n) is 11.0. The number of fused-ring (bicyclic) bond motifs is 1. The number of amides is 4. The number of likely N-dealkylation sites (tertiary alicyclic amines) is 1. The van der Waals surface area contributed by atoms with Crippen molar-refractivity contribution in [3.05, 3.63) is 0 Å². The number of methoxy groups -OCH3 is 1. The number of piperidine rings is 1. The number of carbonyl (C=O) groups is 4. The standard InChI is InChI=1S/C20H29N3O7S/c1-30-12-3-5-13(6-4-12)31(28,29)22-11-2-7-14-15(10-11)20(27)23(19(14)26)16-8-9-17(24)21-18(16)25/h11-16,22H,2-10H2,1H3,(H,21,24,25). The lowest BCUT2D eigenvalue weighted by Crippen LogP contribution is -2.54. The summed E-state index contributed by atoms with van der Waals surface area (Å²) in [6.07, 6.45) is 3.88. The lowest BCUT2D eigenvalue weighted by Gasteiger charge is -2.32. The number of nitrogens with one attached hydrogen (secondary N) is 2. The van der Waals surface area contributed by atoms with E-state index >= 15 is 0 Å². The van der Waals surface area contributed by atoms with Crippen molar-refractivity contribution in [2.45, 2.75) is 81.2 Å². The van der Waals surface area contributed by atoms with E-state index in [4.69, 9.17) is 4.74 Å². The largest absolute Gasteiger partial charge is 0.381 e. The first-order valence-corrected chi connectivity index (χ1v) is 12.5. The molecule has 172 valence electrons. The summed E-state index contributed by atoms with van der Waals surface area (Å²) in [5, 5.41) is 1.71. The quantitative estimate of drug-likeness (QED) is 0.548. The van der Waals surface area contributed by atoms with Crippen LogP contribution in [-0.4, -0.2) is 67.5 Å². The number of hydrogen-bond acceptors (Lipinski definition) is 7. The Morgan fingerprint density at radius 3 is 2.26 bits per heavy atom. The third kappa shape index (κ3) is 4.27. The summed E-state index contributed by atoms with van der Waals surface area (Å²) in [5.74, 6) is -3.02. The molecule has 0 bridgehead atoms. The van der Waals surface area contributed by atoms with E-state index in [1.807, 2.05) is 0 Å². The Hall–Kier alpha value is -1.85. The molecule has 0 radical (unpaired) electrons. The molecule has 2 aliphatic heterocycles. The van der Waals surface area contributed by atoms with Gasteiger partial charge in [0.1, 0.15) is 6.04 Å². The highest BCUT2D eigenvalue weighted by Gasteiger charge is 2.54. The van der Waals surface area contributed by atoms with Crippen LogP contribution in [-0.2, 0) is 33.9 Å². The van der Waals surface area contributed by atoms with Gasteiger partial charge in [0, 0.05) is 19.6 Å². The van der Waals surface area contributed by atoms with Gasteiger partial charge in [0.15, 0.2) is 0 Å². The average molecular weight is 456 g/mol. The average Bonchev–Trinajstić information content (AvgIpc) is 2.98. The number of sulfonamides is 1. The van der Waals surface area contributed by atoms with Gasteiger partial charge in [-0.25, -0.2) is 13.1 Å². The third-order valence-electron chi connectivity index (χ3n) is 7.21. The highest BCUT2D eigenvalue weighted by atomic mass is 32.2. The first kappa shape index (κ1) is 22.3.